The highest BCUT2D eigenvalue weighted by Gasteiger charge is 2.10. The van der Waals surface area contributed by atoms with Crippen LogP contribution in [0.5, 0.6) is 5.75 Å². The topological polar surface area (TPSA) is 59.3 Å². The van der Waals surface area contributed by atoms with Gasteiger partial charge >= 0.3 is 5.97 Å². The van der Waals surface area contributed by atoms with Gasteiger partial charge in [0.2, 0.25) is 0 Å². The van der Waals surface area contributed by atoms with E-state index in [-0.39, 0.29) is 11.3 Å². The van der Waals surface area contributed by atoms with E-state index in [4.69, 9.17) is 14.7 Å². The number of carbonyl (C=O) groups excluding carboxylic acids is 1. The zero-order valence-electron chi connectivity index (χ0n) is 14.1. The number of hydrogen-bond donors (Lipinski definition) is 0. The van der Waals surface area contributed by atoms with Crippen molar-refractivity contribution in [2.75, 3.05) is 6.61 Å². The van der Waals surface area contributed by atoms with E-state index in [1.54, 1.807) is 30.3 Å². The Morgan fingerprint density at radius 1 is 1.16 bits per heavy atom. The summed E-state index contributed by atoms with van der Waals surface area (Å²) in [6.07, 6.45) is 3.35. The normalized spacial score (nSPS) is 10.3. The van der Waals surface area contributed by atoms with E-state index in [2.05, 4.69) is 6.92 Å². The molecule has 0 radical (unpaired) electrons. The molecule has 0 atom stereocenters. The number of unbranched alkanes of at least 4 members (excludes halogenated alkanes) is 2. The van der Waals surface area contributed by atoms with Gasteiger partial charge in [-0.05, 0) is 36.2 Å². The number of esters is 1. The molecule has 4 nitrogen and oxygen atoms in total. The molecular formula is C20H20FNO3. The van der Waals surface area contributed by atoms with E-state index in [1.807, 2.05) is 0 Å². The van der Waals surface area contributed by atoms with Crippen LogP contribution >= 0.6 is 0 Å². The van der Waals surface area contributed by atoms with Crippen molar-refractivity contribution in [2.24, 2.45) is 0 Å². The molecule has 0 saturated carbocycles. The van der Waals surface area contributed by atoms with Crippen LogP contribution in [0.2, 0.25) is 0 Å². The summed E-state index contributed by atoms with van der Waals surface area (Å²) in [5.41, 5.74) is 1.24. The first kappa shape index (κ1) is 18.6. The zero-order valence-corrected chi connectivity index (χ0v) is 14.1. The molecule has 0 spiro atoms. The molecule has 25 heavy (non-hydrogen) atoms. The standard InChI is InChI=1S/C20H20FNO3/c1-2-3-4-11-24-14-15-5-7-16(8-6-15)20(23)25-18-10-9-17(13-22)19(21)12-18/h5-10,12H,2-4,11,14H2,1H3. The van der Waals surface area contributed by atoms with Gasteiger partial charge in [0.15, 0.2) is 0 Å². The third-order valence-electron chi connectivity index (χ3n) is 3.62. The van der Waals surface area contributed by atoms with Crippen LogP contribution in [-0.4, -0.2) is 12.6 Å². The molecule has 2 aromatic carbocycles. The summed E-state index contributed by atoms with van der Waals surface area (Å²) in [6, 6.07) is 12.3. The fourth-order valence-electron chi connectivity index (χ4n) is 2.20. The third kappa shape index (κ3) is 5.70. The molecule has 5 heteroatoms. The maximum Gasteiger partial charge on any atom is 0.343 e. The Labute approximate surface area is 146 Å². The van der Waals surface area contributed by atoms with Crippen molar-refractivity contribution in [3.63, 3.8) is 0 Å². The molecule has 0 saturated heterocycles. The monoisotopic (exact) mass is 341 g/mol. The quantitative estimate of drug-likeness (QED) is 0.399. The number of ether oxygens (including phenoxy) is 2. The van der Waals surface area contributed by atoms with Gasteiger partial charge in [0.05, 0.1) is 17.7 Å². The Morgan fingerprint density at radius 3 is 2.56 bits per heavy atom. The Balaban J connectivity index is 1.89. The van der Waals surface area contributed by atoms with Crippen LogP contribution < -0.4 is 4.74 Å². The fraction of sp³-hybridized carbons (Fsp3) is 0.300. The number of hydrogen-bond acceptors (Lipinski definition) is 4. The van der Waals surface area contributed by atoms with Gasteiger partial charge in [-0.25, -0.2) is 9.18 Å². The molecule has 0 aliphatic carbocycles. The lowest BCUT2D eigenvalue weighted by Crippen LogP contribution is -2.09. The first-order valence-corrected chi connectivity index (χ1v) is 8.22. The van der Waals surface area contributed by atoms with Gasteiger partial charge in [-0.2, -0.15) is 5.26 Å². The second-order valence-electron chi connectivity index (χ2n) is 5.60. The summed E-state index contributed by atoms with van der Waals surface area (Å²) in [5, 5.41) is 8.69. The van der Waals surface area contributed by atoms with Crippen LogP contribution in [0.4, 0.5) is 4.39 Å². The largest absolute Gasteiger partial charge is 0.423 e. The van der Waals surface area contributed by atoms with E-state index < -0.39 is 11.8 Å². The average molecular weight is 341 g/mol. The Bertz CT molecular complexity index is 751. The maximum atomic E-state index is 13.5. The van der Waals surface area contributed by atoms with Crippen molar-refractivity contribution in [1.29, 1.82) is 5.26 Å². The average Bonchev–Trinajstić information content (AvgIpc) is 2.62. The van der Waals surface area contributed by atoms with Gasteiger partial charge in [-0.3, -0.25) is 0 Å². The van der Waals surface area contributed by atoms with Crippen LogP contribution in [0, 0.1) is 17.1 Å². The van der Waals surface area contributed by atoms with E-state index in [0.717, 1.165) is 37.5 Å². The first-order chi connectivity index (χ1) is 12.1. The van der Waals surface area contributed by atoms with Crippen molar-refractivity contribution >= 4 is 5.97 Å². The predicted molar refractivity (Wildman–Crippen MR) is 91.7 cm³/mol. The molecule has 2 rings (SSSR count). The molecule has 2 aromatic rings. The molecule has 0 aliphatic heterocycles. The second kappa shape index (κ2) is 9.55. The minimum atomic E-state index is -0.719. The fourth-order valence-corrected chi connectivity index (χ4v) is 2.20. The summed E-state index contributed by atoms with van der Waals surface area (Å²) in [7, 11) is 0. The van der Waals surface area contributed by atoms with Gasteiger partial charge in [-0.15, -0.1) is 0 Å². The number of carbonyl (C=O) groups is 1. The van der Waals surface area contributed by atoms with Gasteiger partial charge in [-0.1, -0.05) is 31.9 Å². The maximum absolute atomic E-state index is 13.5. The van der Waals surface area contributed by atoms with Crippen LogP contribution in [0.3, 0.4) is 0 Å². The molecule has 0 unspecified atom stereocenters. The van der Waals surface area contributed by atoms with E-state index in [1.165, 1.54) is 12.1 Å². The van der Waals surface area contributed by atoms with Crippen LogP contribution in [-0.2, 0) is 11.3 Å². The van der Waals surface area contributed by atoms with Crippen molar-refractivity contribution in [3.05, 3.63) is 65.0 Å². The number of nitrogens with zero attached hydrogens (tertiary/aromatic N) is 1. The number of halogens is 1. The van der Waals surface area contributed by atoms with Crippen molar-refractivity contribution in [3.8, 4) is 11.8 Å². The van der Waals surface area contributed by atoms with Crippen molar-refractivity contribution < 1.29 is 18.7 Å². The lowest BCUT2D eigenvalue weighted by atomic mass is 10.1. The van der Waals surface area contributed by atoms with Gasteiger partial charge in [0, 0.05) is 12.7 Å². The molecule has 0 aliphatic rings. The zero-order chi connectivity index (χ0) is 18.1. The third-order valence-corrected chi connectivity index (χ3v) is 3.62. The molecule has 0 bridgehead atoms. The van der Waals surface area contributed by atoms with Gasteiger partial charge in [0.1, 0.15) is 17.6 Å². The van der Waals surface area contributed by atoms with Crippen LogP contribution in [0.15, 0.2) is 42.5 Å². The summed E-state index contributed by atoms with van der Waals surface area (Å²) in [4.78, 5) is 12.1. The highest BCUT2D eigenvalue weighted by Crippen LogP contribution is 2.18. The lowest BCUT2D eigenvalue weighted by molar-refractivity contribution is 0.0734. The van der Waals surface area contributed by atoms with Crippen molar-refractivity contribution in [1.82, 2.24) is 0 Å². The SMILES string of the molecule is CCCCCOCc1ccc(C(=O)Oc2ccc(C#N)c(F)c2)cc1. The van der Waals surface area contributed by atoms with Crippen LogP contribution in [0.25, 0.3) is 0 Å². The molecule has 0 N–H and O–H groups in total. The molecule has 130 valence electrons. The van der Waals surface area contributed by atoms with E-state index >= 15 is 0 Å². The van der Waals surface area contributed by atoms with Gasteiger partial charge in [0.25, 0.3) is 0 Å². The Morgan fingerprint density at radius 2 is 1.92 bits per heavy atom. The molecule has 0 aromatic heterocycles. The van der Waals surface area contributed by atoms with Gasteiger partial charge < -0.3 is 9.47 Å². The summed E-state index contributed by atoms with van der Waals surface area (Å²) < 4.78 is 24.2. The molecule has 0 heterocycles. The smallest absolute Gasteiger partial charge is 0.343 e. The molecular weight excluding hydrogens is 321 g/mol. The Kier molecular flexibility index (Phi) is 7.12. The molecule has 0 fully saturated rings. The minimum Gasteiger partial charge on any atom is -0.423 e. The highest BCUT2D eigenvalue weighted by molar-refractivity contribution is 5.91. The van der Waals surface area contributed by atoms with Crippen LogP contribution in [0.1, 0.15) is 47.7 Å². The summed E-state index contributed by atoms with van der Waals surface area (Å²) >= 11 is 0. The highest BCUT2D eigenvalue weighted by atomic mass is 19.1. The Hall–Kier alpha value is -2.71. The minimum absolute atomic E-state index is 0.0600. The number of nitriles is 1. The van der Waals surface area contributed by atoms with Crippen molar-refractivity contribution in [2.45, 2.75) is 32.8 Å². The first-order valence-electron chi connectivity index (χ1n) is 8.22. The molecule has 0 amide bonds. The predicted octanol–water partition coefficient (Wildman–Crippen LogP) is 4.62. The second-order valence-corrected chi connectivity index (χ2v) is 5.60. The van der Waals surface area contributed by atoms with E-state index in [0.29, 0.717) is 12.2 Å². The number of benzene rings is 2. The summed E-state index contributed by atoms with van der Waals surface area (Å²) in [6.45, 7) is 3.37. The number of rotatable bonds is 8. The van der Waals surface area contributed by atoms with E-state index in [9.17, 15) is 9.18 Å². The lowest BCUT2D eigenvalue weighted by Gasteiger charge is -2.07. The summed E-state index contributed by atoms with van der Waals surface area (Å²) in [5.74, 6) is -1.24.